The van der Waals surface area contributed by atoms with Crippen LogP contribution >= 0.6 is 35.7 Å². The number of thioether (sulfide) groups is 1. The number of likely N-dealkylation sites (tertiary alicyclic amines) is 1. The molecule has 3 aliphatic heterocycles. The van der Waals surface area contributed by atoms with E-state index in [0.29, 0.717) is 5.54 Å². The number of hydrogen-bond donors (Lipinski definition) is 1. The van der Waals surface area contributed by atoms with Gasteiger partial charge in [0.05, 0.1) is 13.2 Å². The molecule has 3 fully saturated rings. The van der Waals surface area contributed by atoms with E-state index in [1.54, 1.807) is 0 Å². The number of morpholine rings is 1. The Morgan fingerprint density at radius 1 is 1.23 bits per heavy atom. The number of guanidine groups is 1. The van der Waals surface area contributed by atoms with Crippen molar-refractivity contribution >= 4 is 41.7 Å². The lowest BCUT2D eigenvalue weighted by Gasteiger charge is -2.43. The molecule has 3 heterocycles. The smallest absolute Gasteiger partial charge is 0.193 e. The lowest BCUT2D eigenvalue weighted by molar-refractivity contribution is -0.0121. The summed E-state index contributed by atoms with van der Waals surface area (Å²) in [7, 11) is 1.91. The Labute approximate surface area is 155 Å². The number of halogens is 1. The summed E-state index contributed by atoms with van der Waals surface area (Å²) >= 11 is 2.09. The fourth-order valence-electron chi connectivity index (χ4n) is 3.64. The molecular formula is C15H29IN4OS. The lowest BCUT2D eigenvalue weighted by atomic mass is 9.95. The maximum Gasteiger partial charge on any atom is 0.193 e. The molecule has 3 aliphatic rings. The SMILES string of the molecule is CN=C(NCC1(N2CCOCC2)CCSC1)N1CCCC1.I. The highest BCUT2D eigenvalue weighted by molar-refractivity contribution is 14.0. The molecule has 0 aliphatic carbocycles. The van der Waals surface area contributed by atoms with E-state index in [0.717, 1.165) is 51.9 Å². The topological polar surface area (TPSA) is 40.1 Å². The average Bonchev–Trinajstić information content (AvgIpc) is 3.21. The van der Waals surface area contributed by atoms with Crippen LogP contribution in [-0.2, 0) is 4.74 Å². The van der Waals surface area contributed by atoms with Gasteiger partial charge in [-0.15, -0.1) is 24.0 Å². The van der Waals surface area contributed by atoms with Crippen molar-refractivity contribution in [1.82, 2.24) is 15.1 Å². The van der Waals surface area contributed by atoms with E-state index in [4.69, 9.17) is 4.74 Å². The Bertz CT molecular complexity index is 365. The third-order valence-electron chi connectivity index (χ3n) is 4.96. The Balaban J connectivity index is 0.00000176. The van der Waals surface area contributed by atoms with Gasteiger partial charge in [0.1, 0.15) is 0 Å². The van der Waals surface area contributed by atoms with E-state index in [1.807, 2.05) is 7.05 Å². The first-order chi connectivity index (χ1) is 10.3. The summed E-state index contributed by atoms with van der Waals surface area (Å²) in [6.07, 6.45) is 3.87. The van der Waals surface area contributed by atoms with Crippen molar-refractivity contribution in [3.05, 3.63) is 0 Å². The van der Waals surface area contributed by atoms with Crippen molar-refractivity contribution in [2.75, 3.05) is 64.5 Å². The van der Waals surface area contributed by atoms with Gasteiger partial charge in [-0.1, -0.05) is 0 Å². The Morgan fingerprint density at radius 3 is 2.55 bits per heavy atom. The Morgan fingerprint density at radius 2 is 1.95 bits per heavy atom. The number of aliphatic imine (C=N–C) groups is 1. The molecule has 0 radical (unpaired) electrons. The molecule has 0 saturated carbocycles. The van der Waals surface area contributed by atoms with Gasteiger partial charge < -0.3 is 15.0 Å². The molecule has 0 aromatic carbocycles. The molecule has 7 heteroatoms. The number of hydrogen-bond acceptors (Lipinski definition) is 4. The summed E-state index contributed by atoms with van der Waals surface area (Å²) in [6.45, 7) is 7.23. The molecule has 0 amide bonds. The van der Waals surface area contributed by atoms with Crippen LogP contribution in [0.5, 0.6) is 0 Å². The van der Waals surface area contributed by atoms with Crippen LogP contribution in [0.2, 0.25) is 0 Å². The van der Waals surface area contributed by atoms with Crippen LogP contribution < -0.4 is 5.32 Å². The third-order valence-corrected chi connectivity index (χ3v) is 6.19. The fraction of sp³-hybridized carbons (Fsp3) is 0.933. The van der Waals surface area contributed by atoms with Crippen molar-refractivity contribution in [2.45, 2.75) is 24.8 Å². The molecule has 1 N–H and O–H groups in total. The molecule has 1 unspecified atom stereocenters. The zero-order valence-corrected chi connectivity index (χ0v) is 16.7. The first kappa shape index (κ1) is 18.6. The van der Waals surface area contributed by atoms with E-state index >= 15 is 0 Å². The minimum Gasteiger partial charge on any atom is -0.379 e. The molecule has 0 aromatic rings. The second-order valence-corrected chi connectivity index (χ2v) is 7.33. The number of nitrogens with zero attached hydrogens (tertiary/aromatic N) is 3. The van der Waals surface area contributed by atoms with Gasteiger partial charge in [0.2, 0.25) is 0 Å². The van der Waals surface area contributed by atoms with E-state index in [1.165, 1.54) is 30.8 Å². The lowest BCUT2D eigenvalue weighted by Crippen LogP contribution is -2.60. The van der Waals surface area contributed by atoms with Crippen molar-refractivity contribution < 1.29 is 4.74 Å². The predicted molar refractivity (Wildman–Crippen MR) is 105 cm³/mol. The van der Waals surface area contributed by atoms with Crippen molar-refractivity contribution in [2.24, 2.45) is 4.99 Å². The van der Waals surface area contributed by atoms with E-state index in [9.17, 15) is 0 Å². The second-order valence-electron chi connectivity index (χ2n) is 6.22. The molecule has 3 saturated heterocycles. The van der Waals surface area contributed by atoms with Gasteiger partial charge in [0.15, 0.2) is 5.96 Å². The first-order valence-corrected chi connectivity index (χ1v) is 9.36. The summed E-state index contributed by atoms with van der Waals surface area (Å²) in [5, 5.41) is 3.67. The molecule has 1 atom stereocenters. The molecule has 128 valence electrons. The van der Waals surface area contributed by atoms with Gasteiger partial charge >= 0.3 is 0 Å². The van der Waals surface area contributed by atoms with Gasteiger partial charge in [0, 0.05) is 51.1 Å². The van der Waals surface area contributed by atoms with E-state index < -0.39 is 0 Å². The standard InChI is InChI=1S/C15H28N4OS.HI/c1-16-14(18-5-2-3-6-18)17-12-15(4-11-21-13-15)19-7-9-20-10-8-19;/h2-13H2,1H3,(H,16,17);1H. The van der Waals surface area contributed by atoms with E-state index in [2.05, 4.69) is 31.9 Å². The Hall–Kier alpha value is 0.270. The van der Waals surface area contributed by atoms with Crippen molar-refractivity contribution in [3.63, 3.8) is 0 Å². The summed E-state index contributed by atoms with van der Waals surface area (Å²) in [6, 6.07) is 0. The van der Waals surface area contributed by atoms with Gasteiger partial charge in [-0.25, -0.2) is 0 Å². The summed E-state index contributed by atoms with van der Waals surface area (Å²) < 4.78 is 5.53. The van der Waals surface area contributed by atoms with Crippen LogP contribution in [0.4, 0.5) is 0 Å². The van der Waals surface area contributed by atoms with Gasteiger partial charge in [-0.3, -0.25) is 9.89 Å². The van der Waals surface area contributed by atoms with Crippen LogP contribution in [0.1, 0.15) is 19.3 Å². The maximum atomic E-state index is 5.53. The predicted octanol–water partition coefficient (Wildman–Crippen LogP) is 1.48. The van der Waals surface area contributed by atoms with Crippen LogP contribution in [0.15, 0.2) is 4.99 Å². The van der Waals surface area contributed by atoms with E-state index in [-0.39, 0.29) is 24.0 Å². The van der Waals surface area contributed by atoms with Gasteiger partial charge in [0.25, 0.3) is 0 Å². The summed E-state index contributed by atoms with van der Waals surface area (Å²) in [4.78, 5) is 9.54. The number of rotatable bonds is 3. The van der Waals surface area contributed by atoms with Gasteiger partial charge in [-0.05, 0) is 25.0 Å². The third kappa shape index (κ3) is 4.21. The highest BCUT2D eigenvalue weighted by Gasteiger charge is 2.40. The summed E-state index contributed by atoms with van der Waals surface area (Å²) in [5.74, 6) is 3.61. The number of ether oxygens (including phenoxy) is 1. The average molecular weight is 440 g/mol. The second kappa shape index (κ2) is 8.94. The molecule has 3 rings (SSSR count). The first-order valence-electron chi connectivity index (χ1n) is 8.20. The molecular weight excluding hydrogens is 411 g/mol. The largest absolute Gasteiger partial charge is 0.379 e. The minimum absolute atomic E-state index is 0. The normalized spacial score (nSPS) is 30.4. The molecule has 5 nitrogen and oxygen atoms in total. The van der Waals surface area contributed by atoms with Crippen molar-refractivity contribution in [1.29, 1.82) is 0 Å². The zero-order chi connectivity index (χ0) is 14.5. The van der Waals surface area contributed by atoms with Crippen LogP contribution in [0, 0.1) is 0 Å². The van der Waals surface area contributed by atoms with Crippen LogP contribution in [0.3, 0.4) is 0 Å². The molecule has 0 aromatic heterocycles. The molecule has 22 heavy (non-hydrogen) atoms. The number of nitrogens with one attached hydrogen (secondary N) is 1. The summed E-state index contributed by atoms with van der Waals surface area (Å²) in [5.41, 5.74) is 0.296. The zero-order valence-electron chi connectivity index (χ0n) is 13.6. The van der Waals surface area contributed by atoms with Crippen LogP contribution in [0.25, 0.3) is 0 Å². The minimum atomic E-state index is 0. The highest BCUT2D eigenvalue weighted by Crippen LogP contribution is 2.33. The quantitative estimate of drug-likeness (QED) is 0.409. The molecule has 0 spiro atoms. The maximum absolute atomic E-state index is 5.53. The fourth-order valence-corrected chi connectivity index (χ4v) is 5.12. The molecule has 0 bridgehead atoms. The highest BCUT2D eigenvalue weighted by atomic mass is 127. The monoisotopic (exact) mass is 440 g/mol. The Kier molecular flexibility index (Phi) is 7.56. The van der Waals surface area contributed by atoms with Crippen LogP contribution in [-0.4, -0.2) is 85.8 Å². The van der Waals surface area contributed by atoms with Crippen molar-refractivity contribution in [3.8, 4) is 0 Å². The van der Waals surface area contributed by atoms with Gasteiger partial charge in [-0.2, -0.15) is 11.8 Å².